The van der Waals surface area contributed by atoms with Crippen molar-refractivity contribution in [3.63, 3.8) is 0 Å². The molecule has 1 N–H and O–H groups in total. The van der Waals surface area contributed by atoms with Crippen LogP contribution in [-0.4, -0.2) is 41.5 Å². The van der Waals surface area contributed by atoms with Gasteiger partial charge in [-0.1, -0.05) is 18.2 Å². The van der Waals surface area contributed by atoms with Gasteiger partial charge in [0.2, 0.25) is 0 Å². The summed E-state index contributed by atoms with van der Waals surface area (Å²) >= 11 is 0. The normalized spacial score (nSPS) is 25.2. The molecule has 2 fully saturated rings. The van der Waals surface area contributed by atoms with Crippen molar-refractivity contribution in [3.05, 3.63) is 72.1 Å². The number of carbonyl (C=O) groups is 1. The third-order valence-corrected chi connectivity index (χ3v) is 7.28. The first-order valence-corrected chi connectivity index (χ1v) is 12.1. The number of aromatic nitrogens is 1. The lowest BCUT2D eigenvalue weighted by Crippen LogP contribution is -2.37. The molecular weight excluding hydrogens is 398 g/mol. The van der Waals surface area contributed by atoms with Crippen LogP contribution in [0, 0.1) is 17.8 Å². The number of amides is 1. The van der Waals surface area contributed by atoms with Crippen LogP contribution < -0.4 is 10.1 Å². The number of likely N-dealkylation sites (tertiary alicyclic amines) is 1. The van der Waals surface area contributed by atoms with Crippen molar-refractivity contribution in [2.45, 2.75) is 44.8 Å². The predicted octanol–water partition coefficient (Wildman–Crippen LogP) is 4.46. The van der Waals surface area contributed by atoms with Gasteiger partial charge in [-0.25, -0.2) is 0 Å². The van der Waals surface area contributed by atoms with Gasteiger partial charge in [-0.15, -0.1) is 0 Å². The Labute approximate surface area is 190 Å². The third kappa shape index (κ3) is 5.21. The average Bonchev–Trinajstić information content (AvgIpc) is 3.45. The molecule has 2 aromatic rings. The summed E-state index contributed by atoms with van der Waals surface area (Å²) in [4.78, 5) is 19.3. The highest BCUT2D eigenvalue weighted by Crippen LogP contribution is 2.44. The molecule has 1 amide bonds. The SMILES string of the molecule is O=C(NCC[C@@H]1C[C@@H]2C=C[C@H]1C2)c1ccc(OC2CCN(Cc3ccccn3)CC2)cc1. The quantitative estimate of drug-likeness (QED) is 0.627. The Morgan fingerprint density at radius 2 is 1.91 bits per heavy atom. The Balaban J connectivity index is 1.03. The lowest BCUT2D eigenvalue weighted by molar-refractivity contribution is 0.0947. The molecule has 2 aliphatic carbocycles. The first-order chi connectivity index (χ1) is 15.7. The number of ether oxygens (including phenoxy) is 1. The number of piperidine rings is 1. The van der Waals surface area contributed by atoms with Gasteiger partial charge in [-0.2, -0.15) is 0 Å². The number of hydrogen-bond donors (Lipinski definition) is 1. The monoisotopic (exact) mass is 431 g/mol. The predicted molar refractivity (Wildman–Crippen MR) is 125 cm³/mol. The number of nitrogens with zero attached hydrogens (tertiary/aromatic N) is 2. The topological polar surface area (TPSA) is 54.5 Å². The number of hydrogen-bond acceptors (Lipinski definition) is 4. The van der Waals surface area contributed by atoms with Gasteiger partial charge < -0.3 is 10.1 Å². The molecule has 3 atom stereocenters. The molecule has 2 bridgehead atoms. The van der Waals surface area contributed by atoms with E-state index in [9.17, 15) is 4.79 Å². The van der Waals surface area contributed by atoms with Gasteiger partial charge in [0.05, 0.1) is 5.69 Å². The minimum absolute atomic E-state index is 0.0121. The summed E-state index contributed by atoms with van der Waals surface area (Å²) in [6, 6.07) is 13.7. The fourth-order valence-electron chi connectivity index (χ4n) is 5.48. The van der Waals surface area contributed by atoms with Crippen LogP contribution in [0.15, 0.2) is 60.8 Å². The lowest BCUT2D eigenvalue weighted by atomic mass is 9.90. The Kier molecular flexibility index (Phi) is 6.54. The van der Waals surface area contributed by atoms with Crippen molar-refractivity contribution in [3.8, 4) is 5.75 Å². The number of benzene rings is 1. The summed E-state index contributed by atoms with van der Waals surface area (Å²) in [7, 11) is 0. The summed E-state index contributed by atoms with van der Waals surface area (Å²) in [5, 5.41) is 3.10. The molecular formula is C27H33N3O2. The highest BCUT2D eigenvalue weighted by Gasteiger charge is 2.34. The Bertz CT molecular complexity index is 920. The molecule has 168 valence electrons. The summed E-state index contributed by atoms with van der Waals surface area (Å²) in [6.07, 6.45) is 12.5. The molecule has 2 heterocycles. The average molecular weight is 432 g/mol. The fraction of sp³-hybridized carbons (Fsp3) is 0.481. The van der Waals surface area contributed by atoms with Crippen LogP contribution in [0.2, 0.25) is 0 Å². The van der Waals surface area contributed by atoms with Crippen molar-refractivity contribution in [2.24, 2.45) is 17.8 Å². The van der Waals surface area contributed by atoms with Crippen molar-refractivity contribution in [2.75, 3.05) is 19.6 Å². The van der Waals surface area contributed by atoms with Crippen molar-refractivity contribution >= 4 is 5.91 Å². The second-order valence-electron chi connectivity index (χ2n) is 9.52. The molecule has 1 aromatic carbocycles. The number of fused-ring (bicyclic) bond motifs is 2. The maximum Gasteiger partial charge on any atom is 0.251 e. The van der Waals surface area contributed by atoms with E-state index >= 15 is 0 Å². The van der Waals surface area contributed by atoms with Crippen molar-refractivity contribution in [1.82, 2.24) is 15.2 Å². The first-order valence-electron chi connectivity index (χ1n) is 12.1. The number of nitrogens with one attached hydrogen (secondary N) is 1. The van der Waals surface area contributed by atoms with Gasteiger partial charge in [0, 0.05) is 37.9 Å². The zero-order valence-electron chi connectivity index (χ0n) is 18.7. The Morgan fingerprint density at radius 3 is 2.59 bits per heavy atom. The molecule has 1 aliphatic heterocycles. The second kappa shape index (κ2) is 9.86. The largest absolute Gasteiger partial charge is 0.490 e. The van der Waals surface area contributed by atoms with E-state index < -0.39 is 0 Å². The van der Waals surface area contributed by atoms with E-state index in [1.165, 1.54) is 12.8 Å². The van der Waals surface area contributed by atoms with E-state index in [1.54, 1.807) is 0 Å². The van der Waals surface area contributed by atoms with Crippen LogP contribution in [0.3, 0.4) is 0 Å². The van der Waals surface area contributed by atoms with Crippen LogP contribution in [0.25, 0.3) is 0 Å². The minimum atomic E-state index is 0.0121. The van der Waals surface area contributed by atoms with Crippen LogP contribution >= 0.6 is 0 Å². The van der Waals surface area contributed by atoms with Crippen LogP contribution in [-0.2, 0) is 6.54 Å². The highest BCUT2D eigenvalue weighted by molar-refractivity contribution is 5.94. The van der Waals surface area contributed by atoms with E-state index in [0.29, 0.717) is 5.56 Å². The summed E-state index contributed by atoms with van der Waals surface area (Å²) in [5.74, 6) is 3.14. The summed E-state index contributed by atoms with van der Waals surface area (Å²) in [5.41, 5.74) is 1.82. The molecule has 32 heavy (non-hydrogen) atoms. The molecule has 0 unspecified atom stereocenters. The second-order valence-corrected chi connectivity index (χ2v) is 9.52. The maximum atomic E-state index is 12.5. The van der Waals surface area contributed by atoms with Gasteiger partial charge in [0.1, 0.15) is 11.9 Å². The molecule has 5 rings (SSSR count). The van der Waals surface area contributed by atoms with Crippen molar-refractivity contribution < 1.29 is 9.53 Å². The highest BCUT2D eigenvalue weighted by atomic mass is 16.5. The van der Waals surface area contributed by atoms with Gasteiger partial charge in [0.15, 0.2) is 0 Å². The first kappa shape index (κ1) is 21.2. The van der Waals surface area contributed by atoms with E-state index in [1.807, 2.05) is 42.6 Å². The van der Waals surface area contributed by atoms with E-state index in [0.717, 1.165) is 74.6 Å². The van der Waals surface area contributed by atoms with Gasteiger partial charge in [0.25, 0.3) is 5.91 Å². The molecule has 3 aliphatic rings. The summed E-state index contributed by atoms with van der Waals surface area (Å²) in [6.45, 7) is 3.69. The lowest BCUT2D eigenvalue weighted by Gasteiger charge is -2.31. The molecule has 1 saturated carbocycles. The molecule has 1 aromatic heterocycles. The standard InChI is InChI=1S/C27H33N3O2/c31-27(29-14-10-23-18-20-4-5-22(23)17-20)21-6-8-25(9-7-21)32-26-11-15-30(16-12-26)19-24-3-1-2-13-28-24/h1-9,13,20,22-23,26H,10-12,14-19H2,(H,29,31)/t20-,22+,23-/m1/s1. The Morgan fingerprint density at radius 1 is 1.06 bits per heavy atom. The zero-order chi connectivity index (χ0) is 21.8. The molecule has 5 heteroatoms. The minimum Gasteiger partial charge on any atom is -0.490 e. The van der Waals surface area contributed by atoms with E-state index in [-0.39, 0.29) is 12.0 Å². The van der Waals surface area contributed by atoms with E-state index in [4.69, 9.17) is 4.74 Å². The maximum absolute atomic E-state index is 12.5. The van der Waals surface area contributed by atoms with Crippen LogP contribution in [0.1, 0.15) is 48.2 Å². The zero-order valence-corrected chi connectivity index (χ0v) is 18.7. The third-order valence-electron chi connectivity index (χ3n) is 7.28. The number of rotatable bonds is 8. The molecule has 0 spiro atoms. The number of carbonyl (C=O) groups excluding carboxylic acids is 1. The number of allylic oxidation sites excluding steroid dienone is 2. The van der Waals surface area contributed by atoms with Gasteiger partial charge in [-0.3, -0.25) is 14.7 Å². The van der Waals surface area contributed by atoms with Crippen LogP contribution in [0.4, 0.5) is 0 Å². The number of pyridine rings is 1. The van der Waals surface area contributed by atoms with Gasteiger partial charge >= 0.3 is 0 Å². The van der Waals surface area contributed by atoms with E-state index in [2.05, 4.69) is 33.4 Å². The molecule has 0 radical (unpaired) electrons. The fourth-order valence-corrected chi connectivity index (χ4v) is 5.48. The molecule has 5 nitrogen and oxygen atoms in total. The van der Waals surface area contributed by atoms with Crippen molar-refractivity contribution in [1.29, 1.82) is 0 Å². The van der Waals surface area contributed by atoms with Crippen LogP contribution in [0.5, 0.6) is 5.75 Å². The Hall–Kier alpha value is -2.66. The van der Waals surface area contributed by atoms with Gasteiger partial charge in [-0.05, 0) is 86.3 Å². The molecule has 1 saturated heterocycles. The smallest absolute Gasteiger partial charge is 0.251 e. The summed E-state index contributed by atoms with van der Waals surface area (Å²) < 4.78 is 6.19.